The number of carbonyl (C=O) groups is 1. The summed E-state index contributed by atoms with van der Waals surface area (Å²) in [6.07, 6.45) is 3.15. The van der Waals surface area contributed by atoms with Gasteiger partial charge in [0.1, 0.15) is 0 Å². The number of aromatic nitrogens is 2. The summed E-state index contributed by atoms with van der Waals surface area (Å²) in [5, 5.41) is 0. The number of aromatic amines is 2. The highest BCUT2D eigenvalue weighted by Crippen LogP contribution is 2.23. The number of fused-ring (bicyclic) bond motifs is 1. The second kappa shape index (κ2) is 6.59. The third kappa shape index (κ3) is 3.36. The van der Waals surface area contributed by atoms with Gasteiger partial charge in [-0.3, -0.25) is 4.79 Å². The van der Waals surface area contributed by atoms with Crippen molar-refractivity contribution in [1.29, 1.82) is 0 Å². The first-order valence-electron chi connectivity index (χ1n) is 8.74. The molecule has 0 aliphatic carbocycles. The van der Waals surface area contributed by atoms with Gasteiger partial charge in [-0.05, 0) is 48.9 Å². The van der Waals surface area contributed by atoms with Gasteiger partial charge in [-0.2, -0.15) is 0 Å². The number of benzene rings is 2. The smallest absolute Gasteiger partial charge is 0.323 e. The molecule has 0 bridgehead atoms. The van der Waals surface area contributed by atoms with Crippen LogP contribution in [0.3, 0.4) is 0 Å². The quantitative estimate of drug-likeness (QED) is 0.773. The molecule has 2 aromatic carbocycles. The lowest BCUT2D eigenvalue weighted by molar-refractivity contribution is 0.0690. The molecule has 2 heterocycles. The highest BCUT2D eigenvalue weighted by atomic mass is 16.2. The lowest BCUT2D eigenvalue weighted by atomic mass is 9.90. The number of H-pyrrole nitrogens is 2. The van der Waals surface area contributed by atoms with Gasteiger partial charge in [-0.15, -0.1) is 0 Å². The number of nitrogens with one attached hydrogen (secondary N) is 2. The summed E-state index contributed by atoms with van der Waals surface area (Å²) < 4.78 is 0. The Kier molecular flexibility index (Phi) is 4.14. The maximum Gasteiger partial charge on any atom is 0.323 e. The molecule has 1 amide bonds. The fourth-order valence-electron chi connectivity index (χ4n) is 3.64. The van der Waals surface area contributed by atoms with Gasteiger partial charge >= 0.3 is 5.69 Å². The number of likely N-dealkylation sites (tertiary alicyclic amines) is 1. The lowest BCUT2D eigenvalue weighted by Crippen LogP contribution is -2.38. The lowest BCUT2D eigenvalue weighted by Gasteiger charge is -2.32. The van der Waals surface area contributed by atoms with Crippen molar-refractivity contribution in [2.45, 2.75) is 19.3 Å². The van der Waals surface area contributed by atoms with Gasteiger partial charge in [0.25, 0.3) is 5.91 Å². The molecule has 5 nitrogen and oxygen atoms in total. The molecular weight excluding hydrogens is 314 g/mol. The first-order chi connectivity index (χ1) is 12.2. The summed E-state index contributed by atoms with van der Waals surface area (Å²) in [4.78, 5) is 31.4. The van der Waals surface area contributed by atoms with Crippen LogP contribution >= 0.6 is 0 Å². The highest BCUT2D eigenvalue weighted by Gasteiger charge is 2.24. The zero-order valence-corrected chi connectivity index (χ0v) is 14.0. The SMILES string of the molecule is O=C(c1ccc2[nH]c(=O)[nH]c2c1)N1CCC(Cc2ccccc2)CC1. The molecule has 1 saturated heterocycles. The number of carbonyl (C=O) groups excluding carboxylic acids is 1. The fraction of sp³-hybridized carbons (Fsp3) is 0.300. The summed E-state index contributed by atoms with van der Waals surface area (Å²) in [6, 6.07) is 15.9. The van der Waals surface area contributed by atoms with Crippen LogP contribution in [0, 0.1) is 5.92 Å². The summed E-state index contributed by atoms with van der Waals surface area (Å²) in [5.74, 6) is 0.678. The maximum absolute atomic E-state index is 12.7. The van der Waals surface area contributed by atoms with Crippen molar-refractivity contribution in [2.24, 2.45) is 5.92 Å². The van der Waals surface area contributed by atoms with Crippen molar-refractivity contribution < 1.29 is 4.79 Å². The highest BCUT2D eigenvalue weighted by molar-refractivity contribution is 5.97. The third-order valence-corrected chi connectivity index (χ3v) is 5.03. The van der Waals surface area contributed by atoms with Gasteiger partial charge in [-0.25, -0.2) is 4.79 Å². The molecule has 1 aliphatic rings. The second-order valence-electron chi connectivity index (χ2n) is 6.76. The maximum atomic E-state index is 12.7. The van der Waals surface area contributed by atoms with Crippen LogP contribution in [-0.2, 0) is 6.42 Å². The molecule has 1 aliphatic heterocycles. The largest absolute Gasteiger partial charge is 0.339 e. The standard InChI is InChI=1S/C20H21N3O2/c24-19(16-6-7-17-18(13-16)22-20(25)21-17)23-10-8-15(9-11-23)12-14-4-2-1-3-5-14/h1-7,13,15H,8-12H2,(H2,21,22,25). The number of amides is 1. The Hall–Kier alpha value is -2.82. The Morgan fingerprint density at radius 1 is 1.00 bits per heavy atom. The van der Waals surface area contributed by atoms with E-state index >= 15 is 0 Å². The summed E-state index contributed by atoms with van der Waals surface area (Å²) in [5.41, 5.74) is 3.15. The summed E-state index contributed by atoms with van der Waals surface area (Å²) in [7, 11) is 0. The Morgan fingerprint density at radius 2 is 1.72 bits per heavy atom. The molecule has 0 unspecified atom stereocenters. The van der Waals surface area contributed by atoms with Crippen LogP contribution in [0.2, 0.25) is 0 Å². The molecular formula is C20H21N3O2. The average Bonchev–Trinajstić information content (AvgIpc) is 3.02. The van der Waals surface area contributed by atoms with E-state index in [2.05, 4.69) is 34.2 Å². The van der Waals surface area contributed by atoms with Crippen molar-refractivity contribution in [3.63, 3.8) is 0 Å². The van der Waals surface area contributed by atoms with Crippen LogP contribution in [0.5, 0.6) is 0 Å². The van der Waals surface area contributed by atoms with E-state index in [1.165, 1.54) is 5.56 Å². The number of piperidine rings is 1. The summed E-state index contributed by atoms with van der Waals surface area (Å²) >= 11 is 0. The predicted octanol–water partition coefficient (Wildman–Crippen LogP) is 2.95. The number of hydrogen-bond donors (Lipinski definition) is 2. The average molecular weight is 335 g/mol. The molecule has 25 heavy (non-hydrogen) atoms. The second-order valence-corrected chi connectivity index (χ2v) is 6.76. The number of nitrogens with zero attached hydrogens (tertiary/aromatic N) is 1. The first-order valence-corrected chi connectivity index (χ1v) is 8.74. The molecule has 3 aromatic rings. The van der Waals surface area contributed by atoms with Crippen molar-refractivity contribution in [2.75, 3.05) is 13.1 Å². The molecule has 4 rings (SSSR count). The van der Waals surface area contributed by atoms with E-state index in [1.54, 1.807) is 18.2 Å². The topological polar surface area (TPSA) is 69.0 Å². The number of imidazole rings is 1. The van der Waals surface area contributed by atoms with Gasteiger partial charge in [0, 0.05) is 18.7 Å². The molecule has 0 atom stereocenters. The number of rotatable bonds is 3. The van der Waals surface area contributed by atoms with E-state index in [0.29, 0.717) is 17.0 Å². The van der Waals surface area contributed by atoms with E-state index in [-0.39, 0.29) is 11.6 Å². The Morgan fingerprint density at radius 3 is 2.48 bits per heavy atom. The van der Waals surface area contributed by atoms with Crippen LogP contribution in [0.15, 0.2) is 53.3 Å². The minimum Gasteiger partial charge on any atom is -0.339 e. The zero-order valence-electron chi connectivity index (χ0n) is 14.0. The normalized spacial score (nSPS) is 15.6. The van der Waals surface area contributed by atoms with Crippen molar-refractivity contribution >= 4 is 16.9 Å². The van der Waals surface area contributed by atoms with Gasteiger partial charge in [0.15, 0.2) is 0 Å². The van der Waals surface area contributed by atoms with Crippen LogP contribution < -0.4 is 5.69 Å². The number of hydrogen-bond acceptors (Lipinski definition) is 2. The van der Waals surface area contributed by atoms with Crippen LogP contribution in [0.1, 0.15) is 28.8 Å². The Labute approximate surface area is 145 Å². The third-order valence-electron chi connectivity index (χ3n) is 5.03. The molecule has 0 saturated carbocycles. The minimum absolute atomic E-state index is 0.0436. The first kappa shape index (κ1) is 15.7. The molecule has 5 heteroatoms. The van der Waals surface area contributed by atoms with Gasteiger partial charge < -0.3 is 14.9 Å². The van der Waals surface area contributed by atoms with Crippen molar-refractivity contribution in [3.05, 3.63) is 70.1 Å². The fourth-order valence-corrected chi connectivity index (χ4v) is 3.64. The van der Waals surface area contributed by atoms with E-state index in [1.807, 2.05) is 11.0 Å². The molecule has 2 N–H and O–H groups in total. The summed E-state index contributed by atoms with van der Waals surface area (Å²) in [6.45, 7) is 1.58. The Balaban J connectivity index is 1.41. The van der Waals surface area contributed by atoms with E-state index in [0.717, 1.165) is 37.9 Å². The molecule has 0 spiro atoms. The van der Waals surface area contributed by atoms with Gasteiger partial charge in [0.2, 0.25) is 0 Å². The van der Waals surface area contributed by atoms with Crippen LogP contribution in [0.4, 0.5) is 0 Å². The van der Waals surface area contributed by atoms with Gasteiger partial charge in [-0.1, -0.05) is 30.3 Å². The molecule has 0 radical (unpaired) electrons. The van der Waals surface area contributed by atoms with Crippen LogP contribution in [-0.4, -0.2) is 33.9 Å². The molecule has 1 aromatic heterocycles. The Bertz CT molecular complexity index is 934. The van der Waals surface area contributed by atoms with Crippen LogP contribution in [0.25, 0.3) is 11.0 Å². The van der Waals surface area contributed by atoms with E-state index in [4.69, 9.17) is 0 Å². The monoisotopic (exact) mass is 335 g/mol. The molecule has 1 fully saturated rings. The zero-order chi connectivity index (χ0) is 17.2. The van der Waals surface area contributed by atoms with Gasteiger partial charge in [0.05, 0.1) is 11.0 Å². The predicted molar refractivity (Wildman–Crippen MR) is 97.7 cm³/mol. The van der Waals surface area contributed by atoms with E-state index in [9.17, 15) is 9.59 Å². The minimum atomic E-state index is -0.249. The van der Waals surface area contributed by atoms with Crippen molar-refractivity contribution in [3.8, 4) is 0 Å². The molecule has 128 valence electrons. The van der Waals surface area contributed by atoms with E-state index < -0.39 is 0 Å². The van der Waals surface area contributed by atoms with Crippen molar-refractivity contribution in [1.82, 2.24) is 14.9 Å².